The number of nitrogens with one attached hydrogen (secondary N) is 1. The summed E-state index contributed by atoms with van der Waals surface area (Å²) in [5, 5.41) is 13.1. The summed E-state index contributed by atoms with van der Waals surface area (Å²) in [6, 6.07) is 0. The lowest BCUT2D eigenvalue weighted by Gasteiger charge is -2.17. The van der Waals surface area contributed by atoms with Crippen LogP contribution in [0.5, 0.6) is 0 Å². The maximum Gasteiger partial charge on any atom is 0.0897 e. The summed E-state index contributed by atoms with van der Waals surface area (Å²) in [7, 11) is 0. The van der Waals surface area contributed by atoms with Crippen LogP contribution < -0.4 is 5.32 Å². The number of unbranched alkanes of at least 4 members (excludes halogenated alkanes) is 1. The van der Waals surface area contributed by atoms with Gasteiger partial charge in [0.25, 0.3) is 0 Å². The molecule has 1 aliphatic heterocycles. The van der Waals surface area contributed by atoms with Crippen molar-refractivity contribution in [1.82, 2.24) is 5.32 Å². The molecule has 0 saturated carbocycles. The van der Waals surface area contributed by atoms with E-state index in [0.29, 0.717) is 38.4 Å². The van der Waals surface area contributed by atoms with Gasteiger partial charge in [-0.15, -0.1) is 0 Å². The van der Waals surface area contributed by atoms with Crippen LogP contribution in [0.15, 0.2) is 0 Å². The highest BCUT2D eigenvalue weighted by molar-refractivity contribution is 4.75. The summed E-state index contributed by atoms with van der Waals surface area (Å²) in [5.74, 6) is 0.565. The lowest BCUT2D eigenvalue weighted by Crippen LogP contribution is -2.35. The number of rotatable bonds is 12. The molecule has 1 heterocycles. The minimum Gasteiger partial charge on any atom is -0.389 e. The molecule has 0 radical (unpaired) electrons. The second-order valence-electron chi connectivity index (χ2n) is 5.48. The van der Waals surface area contributed by atoms with E-state index in [2.05, 4.69) is 19.2 Å². The fourth-order valence-electron chi connectivity index (χ4n) is 2.22. The van der Waals surface area contributed by atoms with Crippen LogP contribution in [-0.4, -0.2) is 63.4 Å². The van der Waals surface area contributed by atoms with Crippen molar-refractivity contribution in [2.24, 2.45) is 5.92 Å². The monoisotopic (exact) mass is 289 g/mol. The molecule has 0 aromatic rings. The van der Waals surface area contributed by atoms with Crippen molar-refractivity contribution < 1.29 is 19.3 Å². The Morgan fingerprint density at radius 2 is 2.10 bits per heavy atom. The van der Waals surface area contributed by atoms with Crippen molar-refractivity contribution in [3.8, 4) is 0 Å². The molecule has 0 aliphatic carbocycles. The Labute approximate surface area is 123 Å². The fourth-order valence-corrected chi connectivity index (χ4v) is 2.22. The van der Waals surface area contributed by atoms with Crippen LogP contribution in [0.3, 0.4) is 0 Å². The van der Waals surface area contributed by atoms with E-state index in [4.69, 9.17) is 14.2 Å². The molecule has 1 aliphatic rings. The van der Waals surface area contributed by atoms with E-state index in [0.717, 1.165) is 39.0 Å². The number of ether oxygens (including phenoxy) is 3. The number of aliphatic hydroxyl groups excluding tert-OH is 1. The van der Waals surface area contributed by atoms with Gasteiger partial charge in [-0.05, 0) is 25.7 Å². The summed E-state index contributed by atoms with van der Waals surface area (Å²) < 4.78 is 16.3. The molecule has 0 spiro atoms. The quantitative estimate of drug-likeness (QED) is 0.529. The third kappa shape index (κ3) is 8.17. The highest BCUT2D eigenvalue weighted by Gasteiger charge is 2.23. The number of aliphatic hydroxyl groups is 1. The van der Waals surface area contributed by atoms with E-state index in [9.17, 15) is 5.11 Å². The van der Waals surface area contributed by atoms with Crippen LogP contribution in [0.25, 0.3) is 0 Å². The zero-order chi connectivity index (χ0) is 14.6. The smallest absolute Gasteiger partial charge is 0.0897 e. The van der Waals surface area contributed by atoms with Gasteiger partial charge in [0.05, 0.1) is 32.0 Å². The van der Waals surface area contributed by atoms with Gasteiger partial charge >= 0.3 is 0 Å². The van der Waals surface area contributed by atoms with Crippen LogP contribution in [0.2, 0.25) is 0 Å². The molecule has 1 fully saturated rings. The zero-order valence-electron chi connectivity index (χ0n) is 13.0. The molecular weight excluding hydrogens is 258 g/mol. The summed E-state index contributed by atoms with van der Waals surface area (Å²) in [6.45, 7) is 8.90. The molecule has 5 nitrogen and oxygen atoms in total. The predicted octanol–water partition coefficient (Wildman–Crippen LogP) is 1.20. The SMILES string of the molecule is CCCCOCCOCC(O)CNCC1CCOC1C. The van der Waals surface area contributed by atoms with Gasteiger partial charge in [0.1, 0.15) is 0 Å². The normalized spacial score (nSPS) is 24.1. The van der Waals surface area contributed by atoms with Crippen molar-refractivity contribution in [3.63, 3.8) is 0 Å². The molecule has 3 atom stereocenters. The fraction of sp³-hybridized carbons (Fsp3) is 1.00. The van der Waals surface area contributed by atoms with Gasteiger partial charge < -0.3 is 24.6 Å². The highest BCUT2D eigenvalue weighted by Crippen LogP contribution is 2.19. The molecule has 1 saturated heterocycles. The third-order valence-electron chi connectivity index (χ3n) is 3.64. The lowest BCUT2D eigenvalue weighted by molar-refractivity contribution is 0.00349. The predicted molar refractivity (Wildman–Crippen MR) is 78.9 cm³/mol. The average Bonchev–Trinajstić information content (AvgIpc) is 2.83. The van der Waals surface area contributed by atoms with E-state index in [1.54, 1.807) is 0 Å². The maximum atomic E-state index is 9.77. The molecule has 120 valence electrons. The van der Waals surface area contributed by atoms with Gasteiger partial charge in [0.2, 0.25) is 0 Å². The van der Waals surface area contributed by atoms with Crippen molar-refractivity contribution in [1.29, 1.82) is 0 Å². The number of hydrogen-bond acceptors (Lipinski definition) is 5. The first-order valence-corrected chi connectivity index (χ1v) is 7.90. The summed E-state index contributed by atoms with van der Waals surface area (Å²) in [5.41, 5.74) is 0. The Morgan fingerprint density at radius 1 is 1.30 bits per heavy atom. The maximum absolute atomic E-state index is 9.77. The molecule has 0 aromatic heterocycles. The first-order valence-electron chi connectivity index (χ1n) is 7.90. The van der Waals surface area contributed by atoms with E-state index in [1.807, 2.05) is 0 Å². The van der Waals surface area contributed by atoms with Gasteiger partial charge in [-0.3, -0.25) is 0 Å². The molecule has 2 N–H and O–H groups in total. The van der Waals surface area contributed by atoms with Crippen molar-refractivity contribution in [2.75, 3.05) is 46.1 Å². The van der Waals surface area contributed by atoms with Crippen LogP contribution in [-0.2, 0) is 14.2 Å². The van der Waals surface area contributed by atoms with Gasteiger partial charge in [0, 0.05) is 26.3 Å². The molecule has 0 aromatic carbocycles. The first-order chi connectivity index (χ1) is 9.74. The summed E-state index contributed by atoms with van der Waals surface area (Å²) in [4.78, 5) is 0. The van der Waals surface area contributed by atoms with E-state index < -0.39 is 6.10 Å². The van der Waals surface area contributed by atoms with Crippen molar-refractivity contribution in [3.05, 3.63) is 0 Å². The molecule has 1 rings (SSSR count). The van der Waals surface area contributed by atoms with E-state index >= 15 is 0 Å². The van der Waals surface area contributed by atoms with Crippen LogP contribution in [0.1, 0.15) is 33.1 Å². The molecule has 0 amide bonds. The highest BCUT2D eigenvalue weighted by atomic mass is 16.5. The Balaban J connectivity index is 1.86. The Bertz CT molecular complexity index is 228. The lowest BCUT2D eigenvalue weighted by atomic mass is 10.0. The zero-order valence-corrected chi connectivity index (χ0v) is 13.0. The topological polar surface area (TPSA) is 60.0 Å². The summed E-state index contributed by atoms with van der Waals surface area (Å²) >= 11 is 0. The molecule has 5 heteroatoms. The second-order valence-corrected chi connectivity index (χ2v) is 5.48. The van der Waals surface area contributed by atoms with Crippen LogP contribution in [0.4, 0.5) is 0 Å². The number of hydrogen-bond donors (Lipinski definition) is 2. The standard InChI is InChI=1S/C15H31NO4/c1-3-4-6-18-8-9-19-12-15(17)11-16-10-14-5-7-20-13(14)2/h13-17H,3-12H2,1-2H3. The molecule has 0 bridgehead atoms. The Morgan fingerprint density at radius 3 is 2.80 bits per heavy atom. The minimum absolute atomic E-state index is 0.330. The Hall–Kier alpha value is -0.200. The average molecular weight is 289 g/mol. The van der Waals surface area contributed by atoms with Gasteiger partial charge in [0.15, 0.2) is 0 Å². The van der Waals surface area contributed by atoms with E-state index in [-0.39, 0.29) is 0 Å². The minimum atomic E-state index is -0.455. The summed E-state index contributed by atoms with van der Waals surface area (Å²) in [6.07, 6.45) is 3.22. The molecule has 20 heavy (non-hydrogen) atoms. The van der Waals surface area contributed by atoms with E-state index in [1.165, 1.54) is 0 Å². The third-order valence-corrected chi connectivity index (χ3v) is 3.64. The van der Waals surface area contributed by atoms with Crippen LogP contribution in [0, 0.1) is 5.92 Å². The Kier molecular flexibility index (Phi) is 10.2. The van der Waals surface area contributed by atoms with Crippen molar-refractivity contribution in [2.45, 2.75) is 45.3 Å². The molecular formula is C15H31NO4. The van der Waals surface area contributed by atoms with Crippen LogP contribution >= 0.6 is 0 Å². The van der Waals surface area contributed by atoms with Gasteiger partial charge in [-0.2, -0.15) is 0 Å². The van der Waals surface area contributed by atoms with Gasteiger partial charge in [-0.1, -0.05) is 13.3 Å². The van der Waals surface area contributed by atoms with Gasteiger partial charge in [-0.25, -0.2) is 0 Å². The second kappa shape index (κ2) is 11.5. The largest absolute Gasteiger partial charge is 0.389 e. The molecule has 3 unspecified atom stereocenters. The first kappa shape index (κ1) is 17.9. The van der Waals surface area contributed by atoms with Crippen molar-refractivity contribution >= 4 is 0 Å².